The summed E-state index contributed by atoms with van der Waals surface area (Å²) in [5.74, 6) is -33.5. The van der Waals surface area contributed by atoms with E-state index in [-0.39, 0.29) is 48.9 Å². The molecule has 0 amide bonds. The number of rotatable bonds is 6. The molecule has 0 aromatic rings. The van der Waals surface area contributed by atoms with Crippen molar-refractivity contribution >= 4 is 60.4 Å². The third-order valence-electron chi connectivity index (χ3n) is 4.12. The molecule has 0 saturated heterocycles. The Morgan fingerprint density at radius 2 is 0.667 bits per heavy atom. The van der Waals surface area contributed by atoms with Crippen molar-refractivity contribution in [1.82, 2.24) is 0 Å². The number of hydrogen-bond donors (Lipinski definition) is 0. The van der Waals surface area contributed by atoms with Crippen LogP contribution in [0.2, 0.25) is 0 Å². The Hall–Kier alpha value is -0.989. The molecular weight excluding hydrogens is 708 g/mol. The summed E-state index contributed by atoms with van der Waals surface area (Å²) in [6.07, 6.45) is -14.1. The summed E-state index contributed by atoms with van der Waals surface area (Å²) in [7, 11) is 0. The smallest absolute Gasteiger partial charge is 0.875 e. The van der Waals surface area contributed by atoms with Gasteiger partial charge in [-0.25, -0.2) is 0 Å². The minimum absolute atomic E-state index is 0. The maximum absolute atomic E-state index is 12.8. The van der Waals surface area contributed by atoms with E-state index in [9.17, 15) is 81.3 Å². The van der Waals surface area contributed by atoms with Crippen LogP contribution in [0.4, 0.5) is 61.5 Å². The maximum Gasteiger partial charge on any atom is 2.00 e. The average Bonchev–Trinajstić information content (AvgIpc) is 2.64. The molecule has 4 nitrogen and oxygen atoms in total. The van der Waals surface area contributed by atoms with Gasteiger partial charge < -0.3 is 10.2 Å². The molecule has 39 heavy (non-hydrogen) atoms. The van der Waals surface area contributed by atoms with E-state index in [2.05, 4.69) is 0 Å². The Kier molecular flexibility index (Phi) is 14.0. The van der Waals surface area contributed by atoms with Gasteiger partial charge in [0, 0.05) is 0 Å². The molecular formula is C20H20BaF14O4. The second-order valence-corrected chi connectivity index (χ2v) is 9.54. The van der Waals surface area contributed by atoms with Gasteiger partial charge in [-0.05, 0) is 23.0 Å². The van der Waals surface area contributed by atoms with Crippen LogP contribution in [-0.2, 0) is 9.59 Å². The summed E-state index contributed by atoms with van der Waals surface area (Å²) >= 11 is 0. The van der Waals surface area contributed by atoms with Gasteiger partial charge in [-0.3, -0.25) is 9.59 Å². The van der Waals surface area contributed by atoms with Crippen LogP contribution in [0.15, 0.2) is 23.7 Å². The van der Waals surface area contributed by atoms with Crippen molar-refractivity contribution in [3.05, 3.63) is 23.7 Å². The van der Waals surface area contributed by atoms with Gasteiger partial charge in [-0.15, -0.1) is 11.5 Å². The Balaban J connectivity index is -0.000000648. The quantitative estimate of drug-likeness (QED) is 0.168. The van der Waals surface area contributed by atoms with Crippen molar-refractivity contribution in [2.24, 2.45) is 10.8 Å². The largest absolute Gasteiger partial charge is 2.00 e. The minimum atomic E-state index is -6.61. The number of carbonyl (C=O) groups excluding carboxylic acids is 2. The summed E-state index contributed by atoms with van der Waals surface area (Å²) < 4.78 is 172. The van der Waals surface area contributed by atoms with E-state index < -0.39 is 82.1 Å². The SMILES string of the molecule is CC(C)(C)/C([O-])=C/C(=O)C(F)(F)C(F)(F)C(F)(F)F.CC(C)(C)/C([O-])=C/C(=O)C(F)(F)C(F)(F)C(F)(F)F.[Ba+2]. The van der Waals surface area contributed by atoms with E-state index in [4.69, 9.17) is 0 Å². The summed E-state index contributed by atoms with van der Waals surface area (Å²) in [6, 6.07) is 0. The van der Waals surface area contributed by atoms with E-state index in [0.717, 1.165) is 0 Å². The van der Waals surface area contributed by atoms with Crippen LogP contribution in [-0.4, -0.2) is 96.5 Å². The molecule has 0 aromatic heterocycles. The molecule has 0 spiro atoms. The molecule has 224 valence electrons. The van der Waals surface area contributed by atoms with Crippen molar-refractivity contribution < 1.29 is 81.3 Å². The number of halogens is 14. The fourth-order valence-corrected chi connectivity index (χ4v) is 1.52. The summed E-state index contributed by atoms with van der Waals surface area (Å²) in [5, 5.41) is 22.3. The van der Waals surface area contributed by atoms with Crippen molar-refractivity contribution in [2.45, 2.75) is 77.6 Å². The Morgan fingerprint density at radius 1 is 0.487 bits per heavy atom. The Labute approximate surface area is 252 Å². The predicted molar refractivity (Wildman–Crippen MR) is 103 cm³/mol. The third-order valence-corrected chi connectivity index (χ3v) is 4.12. The van der Waals surface area contributed by atoms with E-state index in [1.165, 1.54) is 41.5 Å². The predicted octanol–water partition coefficient (Wildman–Crippen LogP) is 4.98. The maximum atomic E-state index is 12.8. The van der Waals surface area contributed by atoms with Crippen LogP contribution in [0.5, 0.6) is 0 Å². The molecule has 0 radical (unpaired) electrons. The van der Waals surface area contributed by atoms with Gasteiger partial charge in [0.2, 0.25) is 11.6 Å². The van der Waals surface area contributed by atoms with E-state index >= 15 is 0 Å². The Bertz CT molecular complexity index is 858. The van der Waals surface area contributed by atoms with Crippen LogP contribution >= 0.6 is 0 Å². The zero-order valence-electron chi connectivity index (χ0n) is 20.8. The van der Waals surface area contributed by atoms with Gasteiger partial charge in [0.15, 0.2) is 0 Å². The molecule has 0 heterocycles. The molecule has 0 aliphatic carbocycles. The van der Waals surface area contributed by atoms with Crippen LogP contribution < -0.4 is 10.2 Å². The van der Waals surface area contributed by atoms with Gasteiger partial charge in [-0.2, -0.15) is 61.5 Å². The molecule has 0 fully saturated rings. The summed E-state index contributed by atoms with van der Waals surface area (Å²) in [4.78, 5) is 21.6. The van der Waals surface area contributed by atoms with Crippen molar-refractivity contribution in [3.8, 4) is 0 Å². The van der Waals surface area contributed by atoms with Crippen molar-refractivity contribution in [2.75, 3.05) is 0 Å². The number of allylic oxidation sites excluding steroid dienone is 4. The van der Waals surface area contributed by atoms with Gasteiger partial charge in [0.05, 0.1) is 0 Å². The first-order chi connectivity index (χ1) is 16.1. The number of carbonyl (C=O) groups is 2. The molecule has 0 aliphatic rings. The van der Waals surface area contributed by atoms with Gasteiger partial charge in [-0.1, -0.05) is 41.5 Å². The van der Waals surface area contributed by atoms with Crippen molar-refractivity contribution in [3.63, 3.8) is 0 Å². The summed E-state index contributed by atoms with van der Waals surface area (Å²) in [5.41, 5.74) is -2.72. The van der Waals surface area contributed by atoms with Crippen LogP contribution in [0.1, 0.15) is 41.5 Å². The van der Waals surface area contributed by atoms with Gasteiger partial charge in [0.25, 0.3) is 0 Å². The molecule has 19 heteroatoms. The third kappa shape index (κ3) is 10.1. The second kappa shape index (κ2) is 12.9. The number of ketones is 2. The first-order valence-corrected chi connectivity index (χ1v) is 9.62. The standard InChI is InChI=1S/2C10H11F7O2.Ba/c2*1-7(2,3)5(18)4-6(19)8(11,12)9(13,14)10(15,16)17;/h2*4,18H,1-3H3;/q;;+2/p-2/b2*5-4-;. The topological polar surface area (TPSA) is 80.3 Å². The molecule has 0 bridgehead atoms. The molecule has 0 unspecified atom stereocenters. The molecule has 0 N–H and O–H groups in total. The molecule has 0 atom stereocenters. The van der Waals surface area contributed by atoms with Crippen molar-refractivity contribution in [1.29, 1.82) is 0 Å². The van der Waals surface area contributed by atoms with E-state index in [0.29, 0.717) is 0 Å². The molecule has 0 saturated carbocycles. The molecule has 0 rings (SSSR count). The summed E-state index contributed by atoms with van der Waals surface area (Å²) in [6.45, 7) is 7.08. The Morgan fingerprint density at radius 3 is 0.795 bits per heavy atom. The number of alkyl halides is 14. The normalized spacial score (nSPS) is 15.2. The fourth-order valence-electron chi connectivity index (χ4n) is 1.52. The van der Waals surface area contributed by atoms with E-state index in [1.807, 2.05) is 0 Å². The molecule has 0 aromatic carbocycles. The fraction of sp³-hybridized carbons (Fsp3) is 0.700. The van der Waals surface area contributed by atoms with Crippen LogP contribution in [0.3, 0.4) is 0 Å². The monoisotopic (exact) mass is 728 g/mol. The molecule has 0 aliphatic heterocycles. The second-order valence-electron chi connectivity index (χ2n) is 9.54. The van der Waals surface area contributed by atoms with E-state index in [1.54, 1.807) is 0 Å². The zero-order valence-corrected chi connectivity index (χ0v) is 25.2. The average molecular weight is 728 g/mol. The first kappa shape index (κ1) is 42.5. The zero-order chi connectivity index (χ0) is 31.7. The minimum Gasteiger partial charge on any atom is -0.875 e. The van der Waals surface area contributed by atoms with Gasteiger partial charge >= 0.3 is 84.9 Å². The first-order valence-electron chi connectivity index (χ1n) is 9.62. The number of hydrogen-bond acceptors (Lipinski definition) is 4. The van der Waals surface area contributed by atoms with Crippen LogP contribution in [0, 0.1) is 10.8 Å². The van der Waals surface area contributed by atoms with Crippen LogP contribution in [0.25, 0.3) is 0 Å². The van der Waals surface area contributed by atoms with Gasteiger partial charge in [0.1, 0.15) is 0 Å².